The lowest BCUT2D eigenvalue weighted by molar-refractivity contribution is 0.0561. The number of halogens is 3. The Morgan fingerprint density at radius 2 is 1.92 bits per heavy atom. The van der Waals surface area contributed by atoms with Crippen molar-refractivity contribution in [2.75, 3.05) is 26.2 Å². The van der Waals surface area contributed by atoms with Gasteiger partial charge in [0, 0.05) is 37.7 Å². The first-order chi connectivity index (χ1) is 12.3. The highest BCUT2D eigenvalue weighted by Crippen LogP contribution is 2.23. The fourth-order valence-electron chi connectivity index (χ4n) is 2.98. The van der Waals surface area contributed by atoms with E-state index in [1.807, 2.05) is 18.2 Å². The van der Waals surface area contributed by atoms with Crippen molar-refractivity contribution in [3.8, 4) is 0 Å². The molecule has 0 bridgehead atoms. The minimum atomic E-state index is -3.84. The molecule has 0 amide bonds. The summed E-state index contributed by atoms with van der Waals surface area (Å²) in [6, 6.07) is 7.53. The van der Waals surface area contributed by atoms with E-state index in [1.54, 1.807) is 6.07 Å². The van der Waals surface area contributed by atoms with Gasteiger partial charge < -0.3 is 0 Å². The van der Waals surface area contributed by atoms with Gasteiger partial charge in [0.25, 0.3) is 0 Å². The highest BCUT2D eigenvalue weighted by Gasteiger charge is 2.31. The quantitative estimate of drug-likeness (QED) is 0.768. The highest BCUT2D eigenvalue weighted by molar-refractivity contribution is 7.89. The standard InChI is InChI=1S/C16H19ClF2N4O2S/c1-12-15(11-23(20-12)16(18)19)26(24,25)22-7-5-21(6-8-22)10-13-3-2-4-14(17)9-13/h2-4,9,11,16H,5-8,10H2,1H3. The second-order valence-corrected chi connectivity index (χ2v) is 8.49. The number of rotatable bonds is 5. The lowest BCUT2D eigenvalue weighted by Crippen LogP contribution is -2.48. The number of benzene rings is 1. The van der Waals surface area contributed by atoms with Crippen molar-refractivity contribution < 1.29 is 17.2 Å². The molecule has 1 aliphatic rings. The molecule has 0 unspecified atom stereocenters. The predicted molar refractivity (Wildman–Crippen MR) is 93.7 cm³/mol. The van der Waals surface area contributed by atoms with Crippen LogP contribution in [0.15, 0.2) is 35.4 Å². The SMILES string of the molecule is Cc1nn(C(F)F)cc1S(=O)(=O)N1CCN(Cc2cccc(Cl)c2)CC1. The minimum absolute atomic E-state index is 0.0756. The maximum absolute atomic E-state index is 12.8. The summed E-state index contributed by atoms with van der Waals surface area (Å²) in [6.45, 7) is 0.913. The molecule has 2 aromatic rings. The number of sulfonamides is 1. The smallest absolute Gasteiger partial charge is 0.296 e. The van der Waals surface area contributed by atoms with Crippen LogP contribution in [0.5, 0.6) is 0 Å². The van der Waals surface area contributed by atoms with E-state index >= 15 is 0 Å². The molecule has 0 radical (unpaired) electrons. The van der Waals surface area contributed by atoms with Crippen LogP contribution >= 0.6 is 11.6 Å². The Kier molecular flexibility index (Phi) is 5.61. The third kappa shape index (κ3) is 4.06. The molecule has 6 nitrogen and oxygen atoms in total. The van der Waals surface area contributed by atoms with Crippen molar-refractivity contribution >= 4 is 21.6 Å². The number of hydrogen-bond acceptors (Lipinski definition) is 4. The van der Waals surface area contributed by atoms with Gasteiger partial charge in [-0.1, -0.05) is 23.7 Å². The molecule has 10 heteroatoms. The van der Waals surface area contributed by atoms with E-state index in [9.17, 15) is 17.2 Å². The highest BCUT2D eigenvalue weighted by atomic mass is 35.5. The fraction of sp³-hybridized carbons (Fsp3) is 0.438. The van der Waals surface area contributed by atoms with Crippen LogP contribution in [0, 0.1) is 6.92 Å². The van der Waals surface area contributed by atoms with E-state index < -0.39 is 16.6 Å². The average Bonchev–Trinajstić information content (AvgIpc) is 2.98. The monoisotopic (exact) mass is 404 g/mol. The van der Waals surface area contributed by atoms with E-state index in [-0.39, 0.29) is 10.6 Å². The van der Waals surface area contributed by atoms with Crippen LogP contribution in [0.4, 0.5) is 8.78 Å². The minimum Gasteiger partial charge on any atom is -0.296 e. The molecule has 1 saturated heterocycles. The van der Waals surface area contributed by atoms with Crippen molar-refractivity contribution in [2.24, 2.45) is 0 Å². The van der Waals surface area contributed by atoms with Gasteiger partial charge in [0.05, 0.1) is 11.9 Å². The van der Waals surface area contributed by atoms with Crippen LogP contribution in [0.2, 0.25) is 5.02 Å². The van der Waals surface area contributed by atoms with Crippen LogP contribution < -0.4 is 0 Å². The Morgan fingerprint density at radius 1 is 1.23 bits per heavy atom. The number of aryl methyl sites for hydroxylation is 1. The van der Waals surface area contributed by atoms with Crippen molar-refractivity contribution in [1.82, 2.24) is 19.0 Å². The van der Waals surface area contributed by atoms with Crippen LogP contribution in [0.25, 0.3) is 0 Å². The van der Waals surface area contributed by atoms with Gasteiger partial charge >= 0.3 is 6.55 Å². The van der Waals surface area contributed by atoms with Gasteiger partial charge in [0.2, 0.25) is 10.0 Å². The van der Waals surface area contributed by atoms with E-state index in [2.05, 4.69) is 10.00 Å². The molecule has 1 aromatic carbocycles. The molecule has 2 heterocycles. The predicted octanol–water partition coefficient (Wildman–Crippen LogP) is 2.75. The summed E-state index contributed by atoms with van der Waals surface area (Å²) >= 11 is 5.99. The molecule has 0 saturated carbocycles. The van der Waals surface area contributed by atoms with Crippen LogP contribution in [0.3, 0.4) is 0 Å². The molecule has 0 atom stereocenters. The van der Waals surface area contributed by atoms with Crippen molar-refractivity contribution in [3.05, 3.63) is 46.7 Å². The molecule has 0 spiro atoms. The molecule has 0 N–H and O–H groups in total. The Labute approximate surface area is 156 Å². The third-order valence-electron chi connectivity index (χ3n) is 4.32. The summed E-state index contributed by atoms with van der Waals surface area (Å²) in [6.07, 6.45) is 0.897. The largest absolute Gasteiger partial charge is 0.333 e. The second-order valence-electron chi connectivity index (χ2n) is 6.15. The maximum atomic E-state index is 12.8. The summed E-state index contributed by atoms with van der Waals surface area (Å²) in [4.78, 5) is 1.97. The molecular formula is C16H19ClF2N4O2S. The Hall–Kier alpha value is -1.55. The summed E-state index contributed by atoms with van der Waals surface area (Å²) in [5, 5.41) is 4.25. The zero-order valence-corrected chi connectivity index (χ0v) is 15.7. The first-order valence-corrected chi connectivity index (χ1v) is 9.90. The zero-order valence-electron chi connectivity index (χ0n) is 14.1. The summed E-state index contributed by atoms with van der Waals surface area (Å²) in [5.74, 6) is 0. The van der Waals surface area contributed by atoms with Gasteiger partial charge in [-0.3, -0.25) is 4.90 Å². The number of aromatic nitrogens is 2. The number of nitrogens with zero attached hydrogens (tertiary/aromatic N) is 4. The zero-order chi connectivity index (χ0) is 18.9. The van der Waals surface area contributed by atoms with Crippen molar-refractivity contribution in [1.29, 1.82) is 0 Å². The topological polar surface area (TPSA) is 58.4 Å². The van der Waals surface area contributed by atoms with Crippen molar-refractivity contribution in [3.63, 3.8) is 0 Å². The second kappa shape index (κ2) is 7.59. The summed E-state index contributed by atoms with van der Waals surface area (Å²) in [7, 11) is -3.84. The van der Waals surface area contributed by atoms with E-state index in [0.29, 0.717) is 42.4 Å². The number of piperazine rings is 1. The molecule has 0 aliphatic carbocycles. The first kappa shape index (κ1) is 19.2. The van der Waals surface area contributed by atoms with Crippen LogP contribution in [0.1, 0.15) is 17.8 Å². The Morgan fingerprint density at radius 3 is 2.50 bits per heavy atom. The van der Waals surface area contributed by atoms with Gasteiger partial charge in [0.15, 0.2) is 0 Å². The summed E-state index contributed by atoms with van der Waals surface area (Å²) in [5.41, 5.74) is 1.13. The van der Waals surface area contributed by atoms with E-state index in [1.165, 1.54) is 11.2 Å². The molecule has 26 heavy (non-hydrogen) atoms. The van der Waals surface area contributed by atoms with Gasteiger partial charge in [-0.25, -0.2) is 13.1 Å². The number of hydrogen-bond donors (Lipinski definition) is 0. The van der Waals surface area contributed by atoms with Gasteiger partial charge in [-0.2, -0.15) is 18.2 Å². The van der Waals surface area contributed by atoms with Gasteiger partial charge in [-0.15, -0.1) is 0 Å². The third-order valence-corrected chi connectivity index (χ3v) is 6.55. The van der Waals surface area contributed by atoms with Crippen LogP contribution in [-0.2, 0) is 16.6 Å². The van der Waals surface area contributed by atoms with Gasteiger partial charge in [0.1, 0.15) is 4.90 Å². The van der Waals surface area contributed by atoms with E-state index in [0.717, 1.165) is 11.8 Å². The Balaban J connectivity index is 1.67. The Bertz CT molecular complexity index is 880. The first-order valence-electron chi connectivity index (χ1n) is 8.08. The van der Waals surface area contributed by atoms with Crippen molar-refractivity contribution in [2.45, 2.75) is 24.9 Å². The maximum Gasteiger partial charge on any atom is 0.333 e. The average molecular weight is 405 g/mol. The van der Waals surface area contributed by atoms with E-state index in [4.69, 9.17) is 11.6 Å². The lowest BCUT2D eigenvalue weighted by Gasteiger charge is -2.33. The van der Waals surface area contributed by atoms with Gasteiger partial charge in [-0.05, 0) is 24.6 Å². The lowest BCUT2D eigenvalue weighted by atomic mass is 10.2. The normalized spacial score (nSPS) is 17.1. The molecule has 3 rings (SSSR count). The molecule has 1 aliphatic heterocycles. The van der Waals surface area contributed by atoms with Crippen LogP contribution in [-0.4, -0.2) is 53.6 Å². The molecular weight excluding hydrogens is 386 g/mol. The molecule has 1 fully saturated rings. The molecule has 142 valence electrons. The molecule has 1 aromatic heterocycles. The number of alkyl halides is 2. The fourth-order valence-corrected chi connectivity index (χ4v) is 4.77. The summed E-state index contributed by atoms with van der Waals surface area (Å²) < 4.78 is 52.7.